The minimum absolute atomic E-state index is 0.185. The monoisotopic (exact) mass is 391 g/mol. The molecule has 2 amide bonds. The summed E-state index contributed by atoms with van der Waals surface area (Å²) in [5.74, 6) is -1.01. The van der Waals surface area contributed by atoms with Gasteiger partial charge in [-0.15, -0.1) is 0 Å². The third kappa shape index (κ3) is 1.81. The molecule has 4 fully saturated rings. The lowest BCUT2D eigenvalue weighted by Gasteiger charge is -2.57. The van der Waals surface area contributed by atoms with E-state index >= 15 is 0 Å². The number of phenolic OH excluding ortho intramolecular Hbond substituents is 2. The highest BCUT2D eigenvalue weighted by molar-refractivity contribution is 8.78. The molecule has 4 heterocycles. The van der Waals surface area contributed by atoms with Crippen LogP contribution >= 0.6 is 21.6 Å². The molecule has 7 nitrogen and oxygen atoms in total. The number of nitriles is 1. The molecule has 4 aliphatic heterocycles. The molecule has 26 heavy (non-hydrogen) atoms. The third-order valence-corrected chi connectivity index (χ3v) is 9.36. The number of amides is 2. The van der Waals surface area contributed by atoms with Crippen molar-refractivity contribution < 1.29 is 19.8 Å². The van der Waals surface area contributed by atoms with Crippen LogP contribution in [0.4, 0.5) is 0 Å². The Morgan fingerprint density at radius 2 is 1.88 bits per heavy atom. The first-order valence-corrected chi connectivity index (χ1v) is 10.2. The second-order valence-corrected chi connectivity index (χ2v) is 10.1. The number of carbonyl (C=O) groups excluding carboxylic acids is 2. The summed E-state index contributed by atoms with van der Waals surface area (Å²) < 4.78 is 0. The standard InChI is InChI=1S/C17H17N3O4S2/c1-15(8-18)7-17-14(24)19(3)16(2,25-26-17)13(23)20(17)12(15)9-4-5-10(21)11(22)6-9/h4-6,12,21-22H,7H2,1-3H3/t12-,15+,16?,17-/m0/s1. The minimum Gasteiger partial charge on any atom is -0.504 e. The van der Waals surface area contributed by atoms with E-state index in [-0.39, 0.29) is 29.7 Å². The molecular formula is C17H17N3O4S2. The lowest BCUT2D eigenvalue weighted by Crippen LogP contribution is -2.73. The number of carbonyl (C=O) groups is 2. The van der Waals surface area contributed by atoms with Gasteiger partial charge in [0.05, 0.1) is 17.5 Å². The van der Waals surface area contributed by atoms with Gasteiger partial charge in [0.2, 0.25) is 0 Å². The number of piperazine rings is 1. The summed E-state index contributed by atoms with van der Waals surface area (Å²) in [6.45, 7) is 3.44. The molecule has 1 aromatic rings. The van der Waals surface area contributed by atoms with Crippen molar-refractivity contribution in [1.82, 2.24) is 9.80 Å². The van der Waals surface area contributed by atoms with Crippen molar-refractivity contribution in [2.45, 2.75) is 36.1 Å². The molecule has 9 heteroatoms. The first kappa shape index (κ1) is 17.4. The molecule has 5 rings (SSSR count). The average Bonchev–Trinajstić information content (AvgIpc) is 2.89. The number of nitrogens with zero attached hydrogens (tertiary/aromatic N) is 3. The van der Waals surface area contributed by atoms with Crippen molar-refractivity contribution in [1.29, 1.82) is 5.26 Å². The highest BCUT2D eigenvalue weighted by atomic mass is 33.1. The van der Waals surface area contributed by atoms with E-state index < -0.39 is 21.2 Å². The van der Waals surface area contributed by atoms with Crippen molar-refractivity contribution >= 4 is 33.4 Å². The van der Waals surface area contributed by atoms with Crippen molar-refractivity contribution in [3.63, 3.8) is 0 Å². The Kier molecular flexibility index (Phi) is 3.35. The topological polar surface area (TPSA) is 105 Å². The fourth-order valence-electron chi connectivity index (χ4n) is 4.13. The van der Waals surface area contributed by atoms with E-state index in [1.54, 1.807) is 27.0 Å². The Labute approximate surface area is 158 Å². The normalized spacial score (nSPS) is 38.5. The van der Waals surface area contributed by atoms with E-state index in [2.05, 4.69) is 6.07 Å². The lowest BCUT2D eigenvalue weighted by atomic mass is 9.79. The lowest BCUT2D eigenvalue weighted by molar-refractivity contribution is -0.164. The first-order valence-electron chi connectivity index (χ1n) is 8.03. The van der Waals surface area contributed by atoms with Gasteiger partial charge >= 0.3 is 0 Å². The van der Waals surface area contributed by atoms with Gasteiger partial charge in [-0.3, -0.25) is 9.59 Å². The Balaban J connectivity index is 1.95. The molecule has 136 valence electrons. The van der Waals surface area contributed by atoms with Crippen LogP contribution in [0.15, 0.2) is 18.2 Å². The summed E-state index contributed by atoms with van der Waals surface area (Å²) in [5.41, 5.74) is -0.495. The third-order valence-electron chi connectivity index (χ3n) is 5.66. The van der Waals surface area contributed by atoms with Crippen molar-refractivity contribution in [3.8, 4) is 17.6 Å². The maximum Gasteiger partial charge on any atom is 0.261 e. The number of likely N-dealkylation sites (N-methyl/N-ethyl adjacent to an activating group) is 1. The van der Waals surface area contributed by atoms with Gasteiger partial charge < -0.3 is 20.0 Å². The maximum atomic E-state index is 13.4. The van der Waals surface area contributed by atoms with Gasteiger partial charge in [-0.1, -0.05) is 27.7 Å². The summed E-state index contributed by atoms with van der Waals surface area (Å²) in [6.07, 6.45) is 0.200. The van der Waals surface area contributed by atoms with Crippen molar-refractivity contribution in [2.75, 3.05) is 7.05 Å². The van der Waals surface area contributed by atoms with E-state index in [9.17, 15) is 25.1 Å². The van der Waals surface area contributed by atoms with Crippen LogP contribution in [-0.2, 0) is 9.59 Å². The molecule has 1 aromatic carbocycles. The van der Waals surface area contributed by atoms with Crippen LogP contribution in [-0.4, -0.2) is 48.6 Å². The largest absolute Gasteiger partial charge is 0.504 e. The van der Waals surface area contributed by atoms with E-state index in [0.29, 0.717) is 5.56 Å². The van der Waals surface area contributed by atoms with Crippen LogP contribution < -0.4 is 0 Å². The van der Waals surface area contributed by atoms with Crippen LogP contribution in [0.2, 0.25) is 0 Å². The predicted molar refractivity (Wildman–Crippen MR) is 96.8 cm³/mol. The molecule has 1 unspecified atom stereocenters. The van der Waals surface area contributed by atoms with E-state index in [1.165, 1.54) is 43.5 Å². The molecule has 0 saturated carbocycles. The molecule has 0 aliphatic carbocycles. The zero-order valence-corrected chi connectivity index (χ0v) is 16.0. The summed E-state index contributed by atoms with van der Waals surface area (Å²) in [5, 5.41) is 29.4. The second-order valence-electron chi connectivity index (χ2n) is 7.33. The first-order chi connectivity index (χ1) is 12.1. The molecule has 2 bridgehead atoms. The number of hydrogen-bond acceptors (Lipinski definition) is 7. The number of benzene rings is 1. The zero-order valence-electron chi connectivity index (χ0n) is 14.4. The molecule has 0 aromatic heterocycles. The molecule has 4 saturated heterocycles. The van der Waals surface area contributed by atoms with E-state index in [4.69, 9.17) is 0 Å². The van der Waals surface area contributed by atoms with Gasteiger partial charge in [0.15, 0.2) is 21.2 Å². The number of rotatable bonds is 1. The fraction of sp³-hybridized carbons (Fsp3) is 0.471. The van der Waals surface area contributed by atoms with Crippen LogP contribution in [0.3, 0.4) is 0 Å². The molecule has 1 spiro atoms. The molecule has 0 radical (unpaired) electrons. The van der Waals surface area contributed by atoms with Gasteiger partial charge in [0.25, 0.3) is 11.8 Å². The average molecular weight is 391 g/mol. The summed E-state index contributed by atoms with van der Waals surface area (Å²) in [4.78, 5) is 27.3. The van der Waals surface area contributed by atoms with Gasteiger partial charge in [-0.2, -0.15) is 5.26 Å². The van der Waals surface area contributed by atoms with Crippen LogP contribution in [0, 0.1) is 16.7 Å². The Morgan fingerprint density at radius 3 is 2.50 bits per heavy atom. The highest BCUT2D eigenvalue weighted by Gasteiger charge is 2.74. The van der Waals surface area contributed by atoms with Crippen molar-refractivity contribution in [2.24, 2.45) is 5.41 Å². The minimum atomic E-state index is -1.14. The second kappa shape index (κ2) is 5.02. The fourth-order valence-corrected chi connectivity index (χ4v) is 7.71. The van der Waals surface area contributed by atoms with E-state index in [1.807, 2.05) is 0 Å². The number of fused-ring (bicyclic) bond motifs is 2. The SMILES string of the molecule is CN1C(=O)[C@@]23C[C@](C)(C#N)[C@H](c4ccc(O)c(O)c4)N2C(=O)C1(C)SS3. The highest BCUT2D eigenvalue weighted by Crippen LogP contribution is 2.69. The smallest absolute Gasteiger partial charge is 0.261 e. The zero-order chi connectivity index (χ0) is 19.1. The quantitative estimate of drug-likeness (QED) is 0.558. The molecule has 4 aliphatic rings. The van der Waals surface area contributed by atoms with Crippen molar-refractivity contribution in [3.05, 3.63) is 23.8 Å². The van der Waals surface area contributed by atoms with Crippen LogP contribution in [0.1, 0.15) is 31.9 Å². The Bertz CT molecular complexity index is 902. The Hall–Kier alpha value is -2.05. The molecule has 2 N–H and O–H groups in total. The van der Waals surface area contributed by atoms with Crippen LogP contribution in [0.25, 0.3) is 0 Å². The van der Waals surface area contributed by atoms with Gasteiger partial charge in [0.1, 0.15) is 0 Å². The maximum absolute atomic E-state index is 13.4. The summed E-state index contributed by atoms with van der Waals surface area (Å²) in [6, 6.07) is 5.87. The van der Waals surface area contributed by atoms with Gasteiger partial charge in [0, 0.05) is 13.5 Å². The summed E-state index contributed by atoms with van der Waals surface area (Å²) in [7, 11) is 4.31. The molecular weight excluding hydrogens is 374 g/mol. The van der Waals surface area contributed by atoms with Crippen LogP contribution in [0.5, 0.6) is 11.5 Å². The Morgan fingerprint density at radius 1 is 1.19 bits per heavy atom. The predicted octanol–water partition coefficient (Wildman–Crippen LogP) is 2.18. The number of hydrogen-bond donors (Lipinski definition) is 2. The van der Waals surface area contributed by atoms with Gasteiger partial charge in [-0.05, 0) is 31.5 Å². The summed E-state index contributed by atoms with van der Waals surface area (Å²) >= 11 is 0. The number of aromatic hydroxyl groups is 2. The van der Waals surface area contributed by atoms with E-state index in [0.717, 1.165) is 0 Å². The molecule has 4 atom stereocenters. The number of phenols is 2. The van der Waals surface area contributed by atoms with Gasteiger partial charge in [-0.25, -0.2) is 0 Å².